The molecule has 3 aromatic carbocycles. The molecule has 0 aliphatic heterocycles. The van der Waals surface area contributed by atoms with Crippen molar-refractivity contribution in [2.45, 2.75) is 6.92 Å². The third-order valence-electron chi connectivity index (χ3n) is 4.35. The van der Waals surface area contributed by atoms with Crippen LogP contribution in [-0.2, 0) is 9.59 Å². The van der Waals surface area contributed by atoms with Gasteiger partial charge in [0.2, 0.25) is 0 Å². The number of nitrogens with one attached hydrogen (secondary N) is 2. The van der Waals surface area contributed by atoms with E-state index in [4.69, 9.17) is 4.74 Å². The fourth-order valence-electron chi connectivity index (χ4n) is 2.83. The first-order valence-corrected chi connectivity index (χ1v) is 9.71. The average molecular weight is 429 g/mol. The molecule has 0 unspecified atom stereocenters. The van der Waals surface area contributed by atoms with Crippen LogP contribution in [0.4, 0.5) is 15.8 Å². The summed E-state index contributed by atoms with van der Waals surface area (Å²) < 4.78 is 18.6. The maximum absolute atomic E-state index is 13.0. The Morgan fingerprint density at radius 2 is 1.75 bits per heavy atom. The summed E-state index contributed by atoms with van der Waals surface area (Å²) in [7, 11) is 0. The molecule has 0 spiro atoms. The van der Waals surface area contributed by atoms with Gasteiger partial charge in [-0.1, -0.05) is 30.3 Å². The van der Waals surface area contributed by atoms with Gasteiger partial charge in [-0.25, -0.2) is 4.39 Å². The SMILES string of the molecule is Cc1cccc(NC(=O)/C(C#N)=C/c2ccccc2OCC(=O)Nc2ccc(F)cc2)c1. The molecule has 3 aromatic rings. The Labute approximate surface area is 185 Å². The summed E-state index contributed by atoms with van der Waals surface area (Å²) in [5.41, 5.74) is 2.35. The minimum Gasteiger partial charge on any atom is -0.483 e. The molecule has 2 amide bonds. The summed E-state index contributed by atoms with van der Waals surface area (Å²) >= 11 is 0. The Bertz CT molecular complexity index is 1200. The van der Waals surface area contributed by atoms with Crippen molar-refractivity contribution < 1.29 is 18.7 Å². The maximum atomic E-state index is 13.0. The van der Waals surface area contributed by atoms with Crippen molar-refractivity contribution >= 4 is 29.3 Å². The van der Waals surface area contributed by atoms with Gasteiger partial charge in [0.1, 0.15) is 23.2 Å². The van der Waals surface area contributed by atoms with Crippen LogP contribution in [0.5, 0.6) is 5.75 Å². The summed E-state index contributed by atoms with van der Waals surface area (Å²) in [5.74, 6) is -1.06. The number of aryl methyl sites for hydroxylation is 1. The molecule has 6 nitrogen and oxygen atoms in total. The summed E-state index contributed by atoms with van der Waals surface area (Å²) in [6.45, 7) is 1.59. The molecule has 7 heteroatoms. The van der Waals surface area contributed by atoms with Crippen molar-refractivity contribution in [3.05, 3.63) is 95.3 Å². The second-order valence-electron chi connectivity index (χ2n) is 6.87. The fraction of sp³-hybridized carbons (Fsp3) is 0.0800. The number of amides is 2. The summed E-state index contributed by atoms with van der Waals surface area (Å²) in [6, 6.07) is 21.2. The van der Waals surface area contributed by atoms with Crippen LogP contribution in [0.25, 0.3) is 6.08 Å². The number of carbonyl (C=O) groups excluding carboxylic acids is 2. The lowest BCUT2D eigenvalue weighted by Gasteiger charge is -2.10. The lowest BCUT2D eigenvalue weighted by atomic mass is 10.1. The number of carbonyl (C=O) groups is 2. The van der Waals surface area contributed by atoms with Crippen molar-refractivity contribution in [3.63, 3.8) is 0 Å². The van der Waals surface area contributed by atoms with E-state index in [1.54, 1.807) is 42.5 Å². The smallest absolute Gasteiger partial charge is 0.266 e. The van der Waals surface area contributed by atoms with E-state index in [0.717, 1.165) is 5.56 Å². The van der Waals surface area contributed by atoms with E-state index in [-0.39, 0.29) is 12.2 Å². The van der Waals surface area contributed by atoms with Crippen LogP contribution in [-0.4, -0.2) is 18.4 Å². The first-order valence-electron chi connectivity index (χ1n) is 9.71. The van der Waals surface area contributed by atoms with Gasteiger partial charge >= 0.3 is 0 Å². The van der Waals surface area contributed by atoms with Crippen molar-refractivity contribution in [2.75, 3.05) is 17.2 Å². The van der Waals surface area contributed by atoms with Gasteiger partial charge in [0.05, 0.1) is 0 Å². The molecule has 0 saturated heterocycles. The van der Waals surface area contributed by atoms with E-state index >= 15 is 0 Å². The second kappa shape index (κ2) is 10.5. The van der Waals surface area contributed by atoms with Gasteiger partial charge in [-0.05, 0) is 61.0 Å². The Balaban J connectivity index is 1.69. The molecule has 0 aliphatic carbocycles. The quantitative estimate of drug-likeness (QED) is 0.421. The Morgan fingerprint density at radius 1 is 1.00 bits per heavy atom. The Morgan fingerprint density at radius 3 is 2.47 bits per heavy atom. The van der Waals surface area contributed by atoms with E-state index in [0.29, 0.717) is 22.7 Å². The van der Waals surface area contributed by atoms with Crippen molar-refractivity contribution in [3.8, 4) is 11.8 Å². The predicted octanol–water partition coefficient (Wildman–Crippen LogP) is 4.70. The Hall–Kier alpha value is -4.44. The zero-order chi connectivity index (χ0) is 22.9. The molecule has 0 atom stereocenters. The van der Waals surface area contributed by atoms with Crippen molar-refractivity contribution in [1.82, 2.24) is 0 Å². The highest BCUT2D eigenvalue weighted by Crippen LogP contribution is 2.22. The normalized spacial score (nSPS) is 10.7. The zero-order valence-corrected chi connectivity index (χ0v) is 17.3. The van der Waals surface area contributed by atoms with E-state index in [2.05, 4.69) is 10.6 Å². The van der Waals surface area contributed by atoms with E-state index in [1.807, 2.05) is 19.1 Å². The maximum Gasteiger partial charge on any atom is 0.266 e. The number of halogens is 1. The molecular weight excluding hydrogens is 409 g/mol. The molecule has 3 rings (SSSR count). The highest BCUT2D eigenvalue weighted by Gasteiger charge is 2.12. The molecule has 0 saturated carbocycles. The lowest BCUT2D eigenvalue weighted by Crippen LogP contribution is -2.20. The average Bonchev–Trinajstić information content (AvgIpc) is 2.78. The molecule has 0 radical (unpaired) electrons. The largest absolute Gasteiger partial charge is 0.483 e. The standard InChI is InChI=1S/C25H20FN3O3/c1-17-5-4-7-22(13-17)29-25(31)19(15-27)14-18-6-2-3-8-23(18)32-16-24(30)28-21-11-9-20(26)10-12-21/h2-14H,16H2,1H3,(H,28,30)(H,29,31)/b19-14+. The molecule has 0 heterocycles. The molecule has 0 aromatic heterocycles. The van der Waals surface area contributed by atoms with Crippen LogP contribution in [0.1, 0.15) is 11.1 Å². The molecule has 160 valence electrons. The number of ether oxygens (including phenoxy) is 1. The van der Waals surface area contributed by atoms with E-state index in [1.165, 1.54) is 30.3 Å². The topological polar surface area (TPSA) is 91.2 Å². The molecule has 2 N–H and O–H groups in total. The first-order chi connectivity index (χ1) is 15.4. The number of hydrogen-bond acceptors (Lipinski definition) is 4. The highest BCUT2D eigenvalue weighted by molar-refractivity contribution is 6.09. The van der Waals surface area contributed by atoms with Gasteiger partial charge in [0.25, 0.3) is 11.8 Å². The number of nitriles is 1. The summed E-state index contributed by atoms with van der Waals surface area (Å²) in [4.78, 5) is 24.7. The number of rotatable bonds is 7. The van der Waals surface area contributed by atoms with Gasteiger partial charge in [-0.3, -0.25) is 9.59 Å². The van der Waals surface area contributed by atoms with Crippen LogP contribution in [0.2, 0.25) is 0 Å². The number of nitrogens with zero attached hydrogens (tertiary/aromatic N) is 1. The van der Waals surface area contributed by atoms with Crippen LogP contribution < -0.4 is 15.4 Å². The molecule has 0 aliphatic rings. The third kappa shape index (κ3) is 6.28. The van der Waals surface area contributed by atoms with Crippen molar-refractivity contribution in [1.29, 1.82) is 5.26 Å². The van der Waals surface area contributed by atoms with Crippen LogP contribution >= 0.6 is 0 Å². The molecular formula is C25H20FN3O3. The number of para-hydroxylation sites is 1. The third-order valence-corrected chi connectivity index (χ3v) is 4.35. The van der Waals surface area contributed by atoms with Crippen LogP contribution in [0, 0.1) is 24.1 Å². The minimum absolute atomic E-state index is 0.113. The van der Waals surface area contributed by atoms with Gasteiger partial charge in [-0.15, -0.1) is 0 Å². The van der Waals surface area contributed by atoms with Crippen LogP contribution in [0.3, 0.4) is 0 Å². The molecule has 0 fully saturated rings. The monoisotopic (exact) mass is 429 g/mol. The van der Waals surface area contributed by atoms with Gasteiger partial charge in [-0.2, -0.15) is 5.26 Å². The van der Waals surface area contributed by atoms with E-state index < -0.39 is 17.6 Å². The van der Waals surface area contributed by atoms with Gasteiger partial charge < -0.3 is 15.4 Å². The summed E-state index contributed by atoms with van der Waals surface area (Å²) in [5, 5.41) is 14.8. The number of hydrogen-bond donors (Lipinski definition) is 2. The minimum atomic E-state index is -0.554. The first kappa shape index (κ1) is 22.2. The van der Waals surface area contributed by atoms with Crippen molar-refractivity contribution in [2.24, 2.45) is 0 Å². The second-order valence-corrected chi connectivity index (χ2v) is 6.87. The lowest BCUT2D eigenvalue weighted by molar-refractivity contribution is -0.118. The molecule has 0 bridgehead atoms. The fourth-order valence-corrected chi connectivity index (χ4v) is 2.83. The van der Waals surface area contributed by atoms with Gasteiger partial charge in [0.15, 0.2) is 6.61 Å². The Kier molecular flexibility index (Phi) is 7.33. The van der Waals surface area contributed by atoms with Gasteiger partial charge in [0, 0.05) is 16.9 Å². The highest BCUT2D eigenvalue weighted by atomic mass is 19.1. The molecule has 32 heavy (non-hydrogen) atoms. The number of anilines is 2. The zero-order valence-electron chi connectivity index (χ0n) is 17.3. The van der Waals surface area contributed by atoms with E-state index in [9.17, 15) is 19.2 Å². The van der Waals surface area contributed by atoms with Crippen LogP contribution in [0.15, 0.2) is 78.4 Å². The number of benzene rings is 3. The summed E-state index contributed by atoms with van der Waals surface area (Å²) in [6.07, 6.45) is 1.40. The predicted molar refractivity (Wildman–Crippen MR) is 120 cm³/mol.